The Kier molecular flexibility index (Phi) is 8.87. The van der Waals surface area contributed by atoms with Gasteiger partial charge in [0, 0.05) is 38.0 Å². The summed E-state index contributed by atoms with van der Waals surface area (Å²) in [7, 11) is 0. The lowest BCUT2D eigenvalue weighted by Gasteiger charge is -2.30. The van der Waals surface area contributed by atoms with E-state index < -0.39 is 0 Å². The molecule has 6 nitrogen and oxygen atoms in total. The van der Waals surface area contributed by atoms with Gasteiger partial charge in [-0.05, 0) is 37.0 Å². The summed E-state index contributed by atoms with van der Waals surface area (Å²) in [4.78, 5) is 21.9. The summed E-state index contributed by atoms with van der Waals surface area (Å²) in [5, 5.41) is 2.98. The SMILES string of the molecule is Cc1cccc(OCc2nc(CN(CCN3CCOCC3)C(=O)CC(C)C)cs2)c1C. The van der Waals surface area contributed by atoms with Crippen molar-refractivity contribution in [3.63, 3.8) is 0 Å². The summed E-state index contributed by atoms with van der Waals surface area (Å²) in [6.45, 7) is 14.3. The number of morpholine rings is 1. The molecule has 0 saturated carbocycles. The van der Waals surface area contributed by atoms with Crippen LogP contribution in [0.1, 0.15) is 42.1 Å². The van der Waals surface area contributed by atoms with Gasteiger partial charge in [0.1, 0.15) is 17.4 Å². The number of aromatic nitrogens is 1. The van der Waals surface area contributed by atoms with Crippen LogP contribution in [0.15, 0.2) is 23.6 Å². The molecule has 31 heavy (non-hydrogen) atoms. The summed E-state index contributed by atoms with van der Waals surface area (Å²) in [6, 6.07) is 6.09. The number of carbonyl (C=O) groups is 1. The van der Waals surface area contributed by atoms with Gasteiger partial charge >= 0.3 is 0 Å². The molecule has 1 aliphatic rings. The average molecular weight is 446 g/mol. The molecule has 1 saturated heterocycles. The fourth-order valence-corrected chi connectivity index (χ4v) is 4.26. The molecule has 2 heterocycles. The van der Waals surface area contributed by atoms with E-state index in [4.69, 9.17) is 14.5 Å². The van der Waals surface area contributed by atoms with Crippen LogP contribution >= 0.6 is 11.3 Å². The Labute approximate surface area is 190 Å². The second kappa shape index (κ2) is 11.6. The molecule has 7 heteroatoms. The van der Waals surface area contributed by atoms with E-state index in [0.717, 1.165) is 61.4 Å². The maximum Gasteiger partial charge on any atom is 0.223 e. The molecule has 170 valence electrons. The van der Waals surface area contributed by atoms with Crippen LogP contribution in [-0.2, 0) is 22.7 Å². The van der Waals surface area contributed by atoms with Gasteiger partial charge in [-0.2, -0.15) is 0 Å². The maximum absolute atomic E-state index is 12.9. The van der Waals surface area contributed by atoms with Gasteiger partial charge in [-0.1, -0.05) is 26.0 Å². The van der Waals surface area contributed by atoms with E-state index in [1.807, 2.05) is 22.4 Å². The standard InChI is InChI=1S/C24H35N3O3S/c1-18(2)14-24(28)27(9-8-26-10-12-29-13-11-26)15-21-17-31-23(25-21)16-30-22-7-5-6-19(3)20(22)4/h5-7,17-18H,8-16H2,1-4H3. The van der Waals surface area contributed by atoms with Crippen LogP contribution in [0.25, 0.3) is 0 Å². The number of ether oxygens (including phenoxy) is 2. The molecule has 3 rings (SSSR count). The first-order valence-electron chi connectivity index (χ1n) is 11.1. The first-order chi connectivity index (χ1) is 14.9. The number of thiazole rings is 1. The third kappa shape index (κ3) is 7.30. The molecule has 1 aromatic heterocycles. The van der Waals surface area contributed by atoms with Gasteiger partial charge < -0.3 is 14.4 Å². The molecule has 1 fully saturated rings. The number of carbonyl (C=O) groups excluding carboxylic acids is 1. The number of rotatable bonds is 10. The number of nitrogens with zero attached hydrogens (tertiary/aromatic N) is 3. The van der Waals surface area contributed by atoms with Gasteiger partial charge in [0.25, 0.3) is 0 Å². The molecule has 0 radical (unpaired) electrons. The zero-order chi connectivity index (χ0) is 22.2. The topological polar surface area (TPSA) is 54.9 Å². The minimum Gasteiger partial charge on any atom is -0.486 e. The average Bonchev–Trinajstić information content (AvgIpc) is 3.20. The predicted molar refractivity (Wildman–Crippen MR) is 124 cm³/mol. The van der Waals surface area contributed by atoms with E-state index in [1.165, 1.54) is 5.56 Å². The number of benzene rings is 1. The molecular formula is C24H35N3O3S. The first-order valence-corrected chi connectivity index (χ1v) is 12.0. The quantitative estimate of drug-likeness (QED) is 0.552. The molecule has 0 atom stereocenters. The Balaban J connectivity index is 1.58. The number of aryl methyl sites for hydroxylation is 1. The fourth-order valence-electron chi connectivity index (χ4n) is 3.56. The summed E-state index contributed by atoms with van der Waals surface area (Å²) >= 11 is 1.59. The third-order valence-electron chi connectivity index (χ3n) is 5.58. The monoisotopic (exact) mass is 445 g/mol. The lowest BCUT2D eigenvalue weighted by Crippen LogP contribution is -2.43. The zero-order valence-corrected chi connectivity index (χ0v) is 20.0. The number of hydrogen-bond donors (Lipinski definition) is 0. The molecular weight excluding hydrogens is 410 g/mol. The zero-order valence-electron chi connectivity index (χ0n) is 19.2. The smallest absolute Gasteiger partial charge is 0.223 e. The number of hydrogen-bond acceptors (Lipinski definition) is 6. The molecule has 0 unspecified atom stereocenters. The summed E-state index contributed by atoms with van der Waals surface area (Å²) in [6.07, 6.45) is 0.565. The van der Waals surface area contributed by atoms with Crippen LogP contribution in [-0.4, -0.2) is 60.1 Å². The minimum absolute atomic E-state index is 0.199. The molecule has 1 aromatic carbocycles. The Morgan fingerprint density at radius 1 is 1.29 bits per heavy atom. The molecule has 0 N–H and O–H groups in total. The summed E-state index contributed by atoms with van der Waals surface area (Å²) in [5.41, 5.74) is 3.31. The highest BCUT2D eigenvalue weighted by Gasteiger charge is 2.19. The van der Waals surface area contributed by atoms with Crippen molar-refractivity contribution in [2.45, 2.75) is 47.3 Å². The third-order valence-corrected chi connectivity index (χ3v) is 6.45. The Bertz CT molecular complexity index is 846. The van der Waals surface area contributed by atoms with E-state index in [1.54, 1.807) is 11.3 Å². The van der Waals surface area contributed by atoms with E-state index in [0.29, 0.717) is 25.5 Å². The van der Waals surface area contributed by atoms with Crippen molar-refractivity contribution in [1.82, 2.24) is 14.8 Å². The second-order valence-corrected chi connectivity index (χ2v) is 9.53. The van der Waals surface area contributed by atoms with Crippen LogP contribution in [0, 0.1) is 19.8 Å². The van der Waals surface area contributed by atoms with Crippen molar-refractivity contribution >= 4 is 17.2 Å². The van der Waals surface area contributed by atoms with Crippen molar-refractivity contribution in [1.29, 1.82) is 0 Å². The van der Waals surface area contributed by atoms with Gasteiger partial charge in [0.15, 0.2) is 0 Å². The van der Waals surface area contributed by atoms with Crippen molar-refractivity contribution in [3.05, 3.63) is 45.4 Å². The summed E-state index contributed by atoms with van der Waals surface area (Å²) < 4.78 is 11.4. The highest BCUT2D eigenvalue weighted by atomic mass is 32.1. The van der Waals surface area contributed by atoms with Crippen molar-refractivity contribution in [2.24, 2.45) is 5.92 Å². The molecule has 0 spiro atoms. The van der Waals surface area contributed by atoms with Crippen LogP contribution in [0.3, 0.4) is 0 Å². The van der Waals surface area contributed by atoms with Crippen molar-refractivity contribution in [2.75, 3.05) is 39.4 Å². The van der Waals surface area contributed by atoms with Gasteiger partial charge in [-0.25, -0.2) is 4.98 Å². The second-order valence-electron chi connectivity index (χ2n) is 8.59. The largest absolute Gasteiger partial charge is 0.486 e. The molecule has 1 aliphatic heterocycles. The fraction of sp³-hybridized carbons (Fsp3) is 0.583. The predicted octanol–water partition coefficient (Wildman–Crippen LogP) is 4.05. The van der Waals surface area contributed by atoms with Gasteiger partial charge in [0.2, 0.25) is 5.91 Å². The Morgan fingerprint density at radius 2 is 2.06 bits per heavy atom. The van der Waals surface area contributed by atoms with Gasteiger partial charge in [-0.3, -0.25) is 9.69 Å². The number of amides is 1. The Hall–Kier alpha value is -1.96. The lowest BCUT2D eigenvalue weighted by molar-refractivity contribution is -0.133. The van der Waals surface area contributed by atoms with E-state index >= 15 is 0 Å². The summed E-state index contributed by atoms with van der Waals surface area (Å²) in [5.74, 6) is 1.44. The van der Waals surface area contributed by atoms with Crippen LogP contribution in [0.4, 0.5) is 0 Å². The lowest BCUT2D eigenvalue weighted by atomic mass is 10.1. The molecule has 0 bridgehead atoms. The highest BCUT2D eigenvalue weighted by molar-refractivity contribution is 7.09. The van der Waals surface area contributed by atoms with Gasteiger partial charge in [-0.15, -0.1) is 11.3 Å². The molecule has 2 aromatic rings. The van der Waals surface area contributed by atoms with Crippen molar-refractivity contribution in [3.8, 4) is 5.75 Å². The van der Waals surface area contributed by atoms with Crippen LogP contribution < -0.4 is 4.74 Å². The van der Waals surface area contributed by atoms with Gasteiger partial charge in [0.05, 0.1) is 25.5 Å². The van der Waals surface area contributed by atoms with E-state index in [2.05, 4.69) is 38.7 Å². The van der Waals surface area contributed by atoms with E-state index in [-0.39, 0.29) is 5.91 Å². The van der Waals surface area contributed by atoms with E-state index in [9.17, 15) is 4.79 Å². The minimum atomic E-state index is 0.199. The molecule has 1 amide bonds. The van der Waals surface area contributed by atoms with Crippen molar-refractivity contribution < 1.29 is 14.3 Å². The normalized spacial score (nSPS) is 14.7. The maximum atomic E-state index is 12.9. The Morgan fingerprint density at radius 3 is 2.81 bits per heavy atom. The van der Waals surface area contributed by atoms with Crippen LogP contribution in [0.2, 0.25) is 0 Å². The first kappa shape index (κ1) is 23.7. The molecule has 0 aliphatic carbocycles. The highest BCUT2D eigenvalue weighted by Crippen LogP contribution is 2.22. The van der Waals surface area contributed by atoms with Crippen LogP contribution in [0.5, 0.6) is 5.75 Å².